The summed E-state index contributed by atoms with van der Waals surface area (Å²) in [5.41, 5.74) is 1.21. The SMILES string of the molecule is CC(C)(C)C(=O)Nc1ccc(Nc2cccc(Br)c2)nc1. The van der Waals surface area contributed by atoms with Crippen LogP contribution in [0.4, 0.5) is 17.2 Å². The lowest BCUT2D eigenvalue weighted by Crippen LogP contribution is -2.27. The van der Waals surface area contributed by atoms with Crippen molar-refractivity contribution in [1.29, 1.82) is 0 Å². The number of anilines is 3. The number of benzene rings is 1. The van der Waals surface area contributed by atoms with E-state index >= 15 is 0 Å². The van der Waals surface area contributed by atoms with Gasteiger partial charge < -0.3 is 10.6 Å². The summed E-state index contributed by atoms with van der Waals surface area (Å²) in [7, 11) is 0. The molecule has 0 aliphatic carbocycles. The van der Waals surface area contributed by atoms with Crippen molar-refractivity contribution in [1.82, 2.24) is 4.98 Å². The monoisotopic (exact) mass is 347 g/mol. The third kappa shape index (κ3) is 4.56. The molecule has 1 aromatic carbocycles. The van der Waals surface area contributed by atoms with Gasteiger partial charge in [-0.25, -0.2) is 4.98 Å². The molecule has 2 aromatic rings. The third-order valence-corrected chi connectivity index (χ3v) is 3.29. The smallest absolute Gasteiger partial charge is 0.229 e. The predicted molar refractivity (Wildman–Crippen MR) is 89.7 cm³/mol. The van der Waals surface area contributed by atoms with Crippen molar-refractivity contribution in [3.63, 3.8) is 0 Å². The summed E-state index contributed by atoms with van der Waals surface area (Å²) in [5.74, 6) is 0.693. The summed E-state index contributed by atoms with van der Waals surface area (Å²) >= 11 is 3.42. The van der Waals surface area contributed by atoms with Crippen LogP contribution in [0.5, 0.6) is 0 Å². The van der Waals surface area contributed by atoms with Crippen molar-refractivity contribution in [2.24, 2.45) is 5.41 Å². The fourth-order valence-electron chi connectivity index (χ4n) is 1.57. The minimum absolute atomic E-state index is 0.0306. The highest BCUT2D eigenvalue weighted by molar-refractivity contribution is 9.10. The number of carbonyl (C=O) groups excluding carboxylic acids is 1. The van der Waals surface area contributed by atoms with Crippen LogP contribution < -0.4 is 10.6 Å². The van der Waals surface area contributed by atoms with E-state index in [9.17, 15) is 4.79 Å². The molecule has 0 aliphatic rings. The van der Waals surface area contributed by atoms with Crippen molar-refractivity contribution < 1.29 is 4.79 Å². The van der Waals surface area contributed by atoms with Crippen molar-refractivity contribution >= 4 is 39.0 Å². The van der Waals surface area contributed by atoms with Crippen molar-refractivity contribution in [2.45, 2.75) is 20.8 Å². The molecule has 0 aliphatic heterocycles. The first kappa shape index (κ1) is 15.5. The number of hydrogen-bond acceptors (Lipinski definition) is 3. The van der Waals surface area contributed by atoms with Gasteiger partial charge in [0.15, 0.2) is 0 Å². The van der Waals surface area contributed by atoms with E-state index in [0.717, 1.165) is 16.0 Å². The van der Waals surface area contributed by atoms with Crippen molar-refractivity contribution in [3.8, 4) is 0 Å². The Bertz CT molecular complexity index is 633. The Balaban J connectivity index is 2.04. The van der Waals surface area contributed by atoms with Gasteiger partial charge in [0.2, 0.25) is 5.91 Å². The van der Waals surface area contributed by atoms with Gasteiger partial charge >= 0.3 is 0 Å². The van der Waals surface area contributed by atoms with Gasteiger partial charge in [-0.3, -0.25) is 4.79 Å². The summed E-state index contributed by atoms with van der Waals surface area (Å²) in [6.07, 6.45) is 1.64. The van der Waals surface area contributed by atoms with Crippen LogP contribution in [0.2, 0.25) is 0 Å². The Morgan fingerprint density at radius 1 is 1.14 bits per heavy atom. The van der Waals surface area contributed by atoms with Gasteiger partial charge in [0.25, 0.3) is 0 Å². The molecule has 2 rings (SSSR count). The molecule has 0 fully saturated rings. The normalized spacial score (nSPS) is 11.0. The molecule has 0 radical (unpaired) electrons. The van der Waals surface area contributed by atoms with Crippen LogP contribution >= 0.6 is 15.9 Å². The average molecular weight is 348 g/mol. The molecular weight excluding hydrogens is 330 g/mol. The molecule has 1 heterocycles. The van der Waals surface area contributed by atoms with E-state index in [1.165, 1.54) is 0 Å². The second-order valence-electron chi connectivity index (χ2n) is 5.77. The first-order valence-electron chi connectivity index (χ1n) is 6.65. The molecular formula is C16H18BrN3O. The number of amides is 1. The number of halogens is 1. The molecule has 1 aromatic heterocycles. The third-order valence-electron chi connectivity index (χ3n) is 2.80. The molecule has 0 spiro atoms. The maximum absolute atomic E-state index is 11.9. The van der Waals surface area contributed by atoms with Crippen LogP contribution in [0.1, 0.15) is 20.8 Å². The average Bonchev–Trinajstić information content (AvgIpc) is 2.40. The van der Waals surface area contributed by atoms with E-state index in [-0.39, 0.29) is 5.91 Å². The van der Waals surface area contributed by atoms with Crippen LogP contribution in [0.15, 0.2) is 47.1 Å². The minimum atomic E-state index is -0.423. The Kier molecular flexibility index (Phi) is 4.63. The van der Waals surface area contributed by atoms with Gasteiger partial charge in [0.1, 0.15) is 5.82 Å². The zero-order valence-electron chi connectivity index (χ0n) is 12.3. The van der Waals surface area contributed by atoms with Crippen LogP contribution in [-0.2, 0) is 4.79 Å². The van der Waals surface area contributed by atoms with Crippen molar-refractivity contribution in [3.05, 3.63) is 47.1 Å². The Morgan fingerprint density at radius 3 is 2.48 bits per heavy atom. The molecule has 5 heteroatoms. The van der Waals surface area contributed by atoms with Gasteiger partial charge in [-0.05, 0) is 30.3 Å². The Morgan fingerprint density at radius 2 is 1.90 bits per heavy atom. The minimum Gasteiger partial charge on any atom is -0.340 e. The predicted octanol–water partition coefficient (Wildman–Crippen LogP) is 4.57. The highest BCUT2D eigenvalue weighted by atomic mass is 79.9. The van der Waals surface area contributed by atoms with Crippen molar-refractivity contribution in [2.75, 3.05) is 10.6 Å². The van der Waals surface area contributed by atoms with Gasteiger partial charge in [0, 0.05) is 15.6 Å². The largest absolute Gasteiger partial charge is 0.340 e. The van der Waals surface area contributed by atoms with Gasteiger partial charge in [-0.15, -0.1) is 0 Å². The summed E-state index contributed by atoms with van der Waals surface area (Å²) < 4.78 is 1.00. The van der Waals surface area contributed by atoms with E-state index in [2.05, 4.69) is 31.5 Å². The van der Waals surface area contributed by atoms with Gasteiger partial charge in [0.05, 0.1) is 11.9 Å². The van der Waals surface area contributed by atoms with E-state index < -0.39 is 5.41 Å². The molecule has 0 unspecified atom stereocenters. The van der Waals surface area contributed by atoms with Crippen LogP contribution in [-0.4, -0.2) is 10.9 Å². The molecule has 2 N–H and O–H groups in total. The Hall–Kier alpha value is -1.88. The fourth-order valence-corrected chi connectivity index (χ4v) is 1.97. The van der Waals surface area contributed by atoms with Crippen LogP contribution in [0.25, 0.3) is 0 Å². The maximum Gasteiger partial charge on any atom is 0.229 e. The Labute approximate surface area is 133 Å². The topological polar surface area (TPSA) is 54.0 Å². The number of pyridine rings is 1. The number of aromatic nitrogens is 1. The first-order chi connectivity index (χ1) is 9.84. The second-order valence-corrected chi connectivity index (χ2v) is 6.69. The summed E-state index contributed by atoms with van der Waals surface area (Å²) in [5, 5.41) is 6.05. The van der Waals surface area contributed by atoms with Gasteiger partial charge in [-0.1, -0.05) is 42.8 Å². The first-order valence-corrected chi connectivity index (χ1v) is 7.44. The molecule has 0 saturated carbocycles. The zero-order chi connectivity index (χ0) is 15.5. The van der Waals surface area contributed by atoms with Gasteiger partial charge in [-0.2, -0.15) is 0 Å². The van der Waals surface area contributed by atoms with E-state index in [1.54, 1.807) is 6.20 Å². The molecule has 1 amide bonds. The molecule has 0 atom stereocenters. The lowest BCUT2D eigenvalue weighted by atomic mass is 9.96. The lowest BCUT2D eigenvalue weighted by Gasteiger charge is -2.17. The highest BCUT2D eigenvalue weighted by Gasteiger charge is 2.21. The molecule has 0 saturated heterocycles. The molecule has 110 valence electrons. The quantitative estimate of drug-likeness (QED) is 0.854. The fraction of sp³-hybridized carbons (Fsp3) is 0.250. The number of rotatable bonds is 3. The standard InChI is InChI=1S/C16H18BrN3O/c1-16(2,3)15(21)20-13-7-8-14(18-10-13)19-12-6-4-5-11(17)9-12/h4-10H,1-3H3,(H,18,19)(H,20,21). The number of hydrogen-bond donors (Lipinski definition) is 2. The number of carbonyl (C=O) groups is 1. The lowest BCUT2D eigenvalue weighted by molar-refractivity contribution is -0.123. The number of nitrogens with one attached hydrogen (secondary N) is 2. The van der Waals surface area contributed by atoms with Crippen LogP contribution in [0, 0.1) is 5.41 Å². The van der Waals surface area contributed by atoms with Crippen LogP contribution in [0.3, 0.4) is 0 Å². The van der Waals surface area contributed by atoms with E-state index in [1.807, 2.05) is 57.2 Å². The second kappa shape index (κ2) is 6.26. The van der Waals surface area contributed by atoms with E-state index in [0.29, 0.717) is 5.69 Å². The molecule has 0 bridgehead atoms. The summed E-state index contributed by atoms with van der Waals surface area (Å²) in [4.78, 5) is 16.2. The highest BCUT2D eigenvalue weighted by Crippen LogP contribution is 2.21. The van der Waals surface area contributed by atoms with E-state index in [4.69, 9.17) is 0 Å². The number of nitrogens with zero attached hydrogens (tertiary/aromatic N) is 1. The molecule has 4 nitrogen and oxygen atoms in total. The molecule has 21 heavy (non-hydrogen) atoms. The maximum atomic E-state index is 11.9. The zero-order valence-corrected chi connectivity index (χ0v) is 13.9. The summed E-state index contributed by atoms with van der Waals surface area (Å²) in [6.45, 7) is 5.62. The summed E-state index contributed by atoms with van der Waals surface area (Å²) in [6, 6.07) is 11.5.